The molecule has 0 bridgehead atoms. The van der Waals surface area contributed by atoms with E-state index in [4.69, 9.17) is 5.73 Å². The van der Waals surface area contributed by atoms with E-state index in [0.717, 1.165) is 0 Å². The molecule has 14 heavy (non-hydrogen) atoms. The lowest BCUT2D eigenvalue weighted by Gasteiger charge is -2.02. The summed E-state index contributed by atoms with van der Waals surface area (Å²) in [6, 6.07) is 0. The molecule has 2 N–H and O–H groups in total. The van der Waals surface area contributed by atoms with Crippen molar-refractivity contribution in [3.63, 3.8) is 0 Å². The van der Waals surface area contributed by atoms with E-state index in [-0.39, 0.29) is 0 Å². The van der Waals surface area contributed by atoms with E-state index in [2.05, 4.69) is 4.98 Å². The summed E-state index contributed by atoms with van der Waals surface area (Å²) in [5, 5.41) is 10.2. The molecule has 1 aromatic rings. The molecule has 1 aromatic heterocycles. The predicted molar refractivity (Wildman–Crippen MR) is 40.2 cm³/mol. The van der Waals surface area contributed by atoms with Crippen LogP contribution in [0, 0.1) is 15.9 Å². The largest absolute Gasteiger partial charge is 0.389 e. The number of nitro groups is 1. The maximum absolute atomic E-state index is 12.9. The molecule has 0 amide bonds. The molecule has 0 aromatic carbocycles. The zero-order valence-electron chi connectivity index (χ0n) is 6.58. The second kappa shape index (κ2) is 3.48. The lowest BCUT2D eigenvalue weighted by molar-refractivity contribution is -0.388. The van der Waals surface area contributed by atoms with Gasteiger partial charge in [-0.3, -0.25) is 0 Å². The molecule has 0 aliphatic carbocycles. The Morgan fingerprint density at radius 3 is 2.57 bits per heavy atom. The SMILES string of the molecule is Nc1c([N+](=O)[O-])ncc(C(F)F)c1F. The van der Waals surface area contributed by atoms with E-state index < -0.39 is 34.2 Å². The highest BCUT2D eigenvalue weighted by Gasteiger charge is 2.25. The Bertz CT molecular complexity index is 383. The molecule has 76 valence electrons. The molecule has 0 radical (unpaired) electrons. The quantitative estimate of drug-likeness (QED) is 0.590. The van der Waals surface area contributed by atoms with E-state index in [1.165, 1.54) is 0 Å². The molecular weight excluding hydrogens is 203 g/mol. The summed E-state index contributed by atoms with van der Waals surface area (Å²) >= 11 is 0. The summed E-state index contributed by atoms with van der Waals surface area (Å²) in [5.41, 5.74) is 2.88. The average Bonchev–Trinajstić information content (AvgIpc) is 2.08. The van der Waals surface area contributed by atoms with Gasteiger partial charge in [-0.05, 0) is 9.91 Å². The third-order valence-corrected chi connectivity index (χ3v) is 1.46. The number of alkyl halides is 2. The van der Waals surface area contributed by atoms with Gasteiger partial charge in [0.2, 0.25) is 0 Å². The van der Waals surface area contributed by atoms with Gasteiger partial charge in [0.1, 0.15) is 0 Å². The zero-order valence-corrected chi connectivity index (χ0v) is 6.58. The van der Waals surface area contributed by atoms with Crippen LogP contribution in [0.25, 0.3) is 0 Å². The standard InChI is InChI=1S/C6H4F3N3O2/c7-3-2(5(8)9)1-11-6(4(3)10)12(13)14/h1,5H,10H2. The van der Waals surface area contributed by atoms with E-state index >= 15 is 0 Å². The smallest absolute Gasteiger partial charge is 0.389 e. The molecule has 5 nitrogen and oxygen atoms in total. The summed E-state index contributed by atoms with van der Waals surface area (Å²) in [4.78, 5) is 12.1. The van der Waals surface area contributed by atoms with Gasteiger partial charge in [-0.25, -0.2) is 13.2 Å². The highest BCUT2D eigenvalue weighted by Crippen LogP contribution is 2.29. The number of aromatic nitrogens is 1. The first-order valence-corrected chi connectivity index (χ1v) is 3.31. The van der Waals surface area contributed by atoms with Crippen molar-refractivity contribution in [2.45, 2.75) is 6.43 Å². The Balaban J connectivity index is 3.33. The number of hydrogen-bond donors (Lipinski definition) is 1. The molecule has 1 rings (SSSR count). The van der Waals surface area contributed by atoms with Crippen LogP contribution in [0.1, 0.15) is 12.0 Å². The minimum atomic E-state index is -3.11. The van der Waals surface area contributed by atoms with Crippen molar-refractivity contribution in [1.29, 1.82) is 0 Å². The van der Waals surface area contributed by atoms with Crippen molar-refractivity contribution in [2.75, 3.05) is 5.73 Å². The number of anilines is 1. The number of hydrogen-bond acceptors (Lipinski definition) is 4. The number of nitrogens with two attached hydrogens (primary N) is 1. The van der Waals surface area contributed by atoms with Crippen LogP contribution >= 0.6 is 0 Å². The van der Waals surface area contributed by atoms with Crippen LogP contribution in [0.3, 0.4) is 0 Å². The van der Waals surface area contributed by atoms with E-state index in [1.54, 1.807) is 0 Å². The summed E-state index contributed by atoms with van der Waals surface area (Å²) in [7, 11) is 0. The molecule has 0 aliphatic heterocycles. The lowest BCUT2D eigenvalue weighted by Crippen LogP contribution is -2.04. The first-order chi connectivity index (χ1) is 6.45. The van der Waals surface area contributed by atoms with Gasteiger partial charge in [-0.1, -0.05) is 0 Å². The fourth-order valence-electron chi connectivity index (χ4n) is 0.808. The number of nitrogen functional groups attached to an aromatic ring is 1. The monoisotopic (exact) mass is 207 g/mol. The molecule has 0 fully saturated rings. The Hall–Kier alpha value is -1.86. The van der Waals surface area contributed by atoms with E-state index in [1.807, 2.05) is 0 Å². The highest BCUT2D eigenvalue weighted by atomic mass is 19.3. The number of nitrogens with zero attached hydrogens (tertiary/aromatic N) is 2. The summed E-state index contributed by atoms with van der Waals surface area (Å²) in [6.45, 7) is 0. The van der Waals surface area contributed by atoms with E-state index in [9.17, 15) is 23.3 Å². The topological polar surface area (TPSA) is 82.0 Å². The summed E-state index contributed by atoms with van der Waals surface area (Å²) in [5.74, 6) is -2.46. The molecule has 0 unspecified atom stereocenters. The van der Waals surface area contributed by atoms with Gasteiger partial charge >= 0.3 is 5.82 Å². The van der Waals surface area contributed by atoms with Gasteiger partial charge in [-0.15, -0.1) is 0 Å². The van der Waals surface area contributed by atoms with Crippen molar-refractivity contribution in [3.8, 4) is 0 Å². The average molecular weight is 207 g/mol. The minimum absolute atomic E-state index is 0.397. The number of pyridine rings is 1. The van der Waals surface area contributed by atoms with Crippen LogP contribution in [-0.4, -0.2) is 9.91 Å². The van der Waals surface area contributed by atoms with Crippen LogP contribution in [0.2, 0.25) is 0 Å². The molecule has 1 heterocycles. The molecular formula is C6H4F3N3O2. The maximum Gasteiger partial charge on any atom is 0.389 e. The lowest BCUT2D eigenvalue weighted by atomic mass is 10.2. The zero-order chi connectivity index (χ0) is 10.9. The van der Waals surface area contributed by atoms with E-state index in [0.29, 0.717) is 6.20 Å². The maximum atomic E-state index is 12.9. The third kappa shape index (κ3) is 1.58. The Morgan fingerprint density at radius 1 is 1.57 bits per heavy atom. The van der Waals surface area contributed by atoms with Gasteiger partial charge in [0.15, 0.2) is 17.7 Å². The van der Waals surface area contributed by atoms with Crippen molar-refractivity contribution >= 4 is 11.5 Å². The Kier molecular flexibility index (Phi) is 2.54. The summed E-state index contributed by atoms with van der Waals surface area (Å²) in [6.07, 6.45) is -2.71. The Morgan fingerprint density at radius 2 is 2.14 bits per heavy atom. The van der Waals surface area contributed by atoms with Crippen LogP contribution in [-0.2, 0) is 0 Å². The van der Waals surface area contributed by atoms with Gasteiger partial charge in [-0.2, -0.15) is 0 Å². The third-order valence-electron chi connectivity index (χ3n) is 1.46. The molecule has 0 atom stereocenters. The van der Waals surface area contributed by atoms with Gasteiger partial charge in [0, 0.05) is 0 Å². The fourth-order valence-corrected chi connectivity index (χ4v) is 0.808. The summed E-state index contributed by atoms with van der Waals surface area (Å²) < 4.78 is 37.0. The van der Waals surface area contributed by atoms with Crippen molar-refractivity contribution in [3.05, 3.63) is 27.7 Å². The predicted octanol–water partition coefficient (Wildman–Crippen LogP) is 1.65. The van der Waals surface area contributed by atoms with Crippen LogP contribution in [0.4, 0.5) is 24.7 Å². The first kappa shape index (κ1) is 10.2. The Labute approximate surface area is 75.5 Å². The van der Waals surface area contributed by atoms with Crippen LogP contribution < -0.4 is 5.73 Å². The van der Waals surface area contributed by atoms with Crippen molar-refractivity contribution < 1.29 is 18.1 Å². The van der Waals surface area contributed by atoms with Crippen LogP contribution in [0.15, 0.2) is 6.20 Å². The van der Waals surface area contributed by atoms with Crippen LogP contribution in [0.5, 0.6) is 0 Å². The molecule has 0 spiro atoms. The normalized spacial score (nSPS) is 10.6. The van der Waals surface area contributed by atoms with Gasteiger partial charge < -0.3 is 15.8 Å². The second-order valence-electron chi connectivity index (χ2n) is 2.32. The molecule has 0 aliphatic rings. The number of rotatable bonds is 2. The minimum Gasteiger partial charge on any atom is -0.389 e. The molecule has 8 heteroatoms. The van der Waals surface area contributed by atoms with Crippen molar-refractivity contribution in [2.24, 2.45) is 0 Å². The molecule has 0 saturated heterocycles. The van der Waals surface area contributed by atoms with Crippen molar-refractivity contribution in [1.82, 2.24) is 4.98 Å². The molecule has 0 saturated carbocycles. The fraction of sp³-hybridized carbons (Fsp3) is 0.167. The number of halogens is 3. The second-order valence-corrected chi connectivity index (χ2v) is 2.32. The van der Waals surface area contributed by atoms with Gasteiger partial charge in [0.05, 0.1) is 5.56 Å². The van der Waals surface area contributed by atoms with Gasteiger partial charge in [0.25, 0.3) is 6.43 Å². The first-order valence-electron chi connectivity index (χ1n) is 3.31. The highest BCUT2D eigenvalue weighted by molar-refractivity contribution is 5.55.